The van der Waals surface area contributed by atoms with Crippen LogP contribution in [0.5, 0.6) is 0 Å². The highest BCUT2D eigenvalue weighted by Crippen LogP contribution is 2.25. The Morgan fingerprint density at radius 1 is 1.29 bits per heavy atom. The summed E-state index contributed by atoms with van der Waals surface area (Å²) in [5.41, 5.74) is 4.07. The molecule has 1 aromatic carbocycles. The summed E-state index contributed by atoms with van der Waals surface area (Å²) in [4.78, 5) is 0. The molecule has 4 heteroatoms. The van der Waals surface area contributed by atoms with Crippen LogP contribution < -0.4 is 5.32 Å². The van der Waals surface area contributed by atoms with Crippen molar-refractivity contribution in [1.29, 1.82) is 0 Å². The molecule has 1 aromatic rings. The van der Waals surface area contributed by atoms with E-state index in [1.54, 1.807) is 0 Å². The van der Waals surface area contributed by atoms with E-state index in [9.17, 15) is 8.42 Å². The molecule has 2 rings (SSSR count). The van der Waals surface area contributed by atoms with E-state index in [4.69, 9.17) is 0 Å². The Hall–Kier alpha value is -0.870. The number of sulfone groups is 1. The molecule has 0 bridgehead atoms. The van der Waals surface area contributed by atoms with E-state index >= 15 is 0 Å². The lowest BCUT2D eigenvalue weighted by Crippen LogP contribution is -2.33. The maximum absolute atomic E-state index is 11.6. The van der Waals surface area contributed by atoms with E-state index in [-0.39, 0.29) is 0 Å². The Bertz CT molecular complexity index is 560. The third-order valence-corrected chi connectivity index (χ3v) is 6.37. The Balaban J connectivity index is 2.06. The van der Waals surface area contributed by atoms with E-state index in [2.05, 4.69) is 44.3 Å². The number of aryl methyl sites for hydroxylation is 2. The van der Waals surface area contributed by atoms with Crippen LogP contribution in [0.25, 0.3) is 0 Å². The highest BCUT2D eigenvalue weighted by molar-refractivity contribution is 7.91. The zero-order valence-electron chi connectivity index (χ0n) is 13.4. The molecular weight excluding hydrogens is 282 g/mol. The Labute approximate surface area is 129 Å². The molecule has 1 aliphatic rings. The minimum absolute atomic E-state index is 0.323. The van der Waals surface area contributed by atoms with Crippen molar-refractivity contribution in [3.05, 3.63) is 34.9 Å². The third kappa shape index (κ3) is 4.55. The van der Waals surface area contributed by atoms with Crippen molar-refractivity contribution in [3.63, 3.8) is 0 Å². The largest absolute Gasteiger partial charge is 0.314 e. The fraction of sp³-hybridized carbons (Fsp3) is 0.647. The summed E-state index contributed by atoms with van der Waals surface area (Å²) in [5, 5.41) is 3.54. The van der Waals surface area contributed by atoms with Crippen LogP contribution in [0.3, 0.4) is 0 Å². The van der Waals surface area contributed by atoms with Gasteiger partial charge in [0.1, 0.15) is 0 Å². The molecule has 0 saturated carbocycles. The van der Waals surface area contributed by atoms with Crippen molar-refractivity contribution in [2.75, 3.05) is 18.1 Å². The predicted molar refractivity (Wildman–Crippen MR) is 88.5 cm³/mol. The van der Waals surface area contributed by atoms with Crippen molar-refractivity contribution >= 4 is 9.84 Å². The molecule has 1 heterocycles. The van der Waals surface area contributed by atoms with E-state index in [1.165, 1.54) is 16.7 Å². The molecule has 0 amide bonds. The normalized spacial score (nSPS) is 22.3. The predicted octanol–water partition coefficient (Wildman–Crippen LogP) is 2.65. The summed E-state index contributed by atoms with van der Waals surface area (Å²) in [6.45, 7) is 7.36. The molecule has 2 unspecified atom stereocenters. The molecule has 0 spiro atoms. The van der Waals surface area contributed by atoms with Crippen LogP contribution in [0.4, 0.5) is 0 Å². The average molecular weight is 309 g/mol. The third-order valence-electron chi connectivity index (χ3n) is 4.53. The first-order chi connectivity index (χ1) is 9.91. The standard InChI is InChI=1S/C17H27NO2S/c1-4-18-16(10-15-8-9-21(19,20)12-15)11-17-13(2)6-5-7-14(17)3/h5-7,15-16,18H,4,8-12H2,1-3H3. The monoisotopic (exact) mass is 309 g/mol. The van der Waals surface area contributed by atoms with E-state index < -0.39 is 9.84 Å². The van der Waals surface area contributed by atoms with Crippen LogP contribution >= 0.6 is 0 Å². The smallest absolute Gasteiger partial charge is 0.150 e. The molecule has 0 aliphatic carbocycles. The van der Waals surface area contributed by atoms with Gasteiger partial charge in [-0.1, -0.05) is 25.1 Å². The van der Waals surface area contributed by atoms with Gasteiger partial charge in [-0.3, -0.25) is 0 Å². The van der Waals surface area contributed by atoms with Crippen molar-refractivity contribution in [1.82, 2.24) is 5.32 Å². The maximum Gasteiger partial charge on any atom is 0.150 e. The number of hydrogen-bond donors (Lipinski definition) is 1. The molecule has 1 fully saturated rings. The van der Waals surface area contributed by atoms with Gasteiger partial charge in [0.15, 0.2) is 9.84 Å². The number of likely N-dealkylation sites (N-methyl/N-ethyl adjacent to an activating group) is 1. The van der Waals surface area contributed by atoms with Gasteiger partial charge in [0.25, 0.3) is 0 Å². The molecule has 118 valence electrons. The van der Waals surface area contributed by atoms with Crippen molar-refractivity contribution < 1.29 is 8.42 Å². The van der Waals surface area contributed by atoms with Gasteiger partial charge in [0.2, 0.25) is 0 Å². The SMILES string of the molecule is CCNC(Cc1c(C)cccc1C)CC1CCS(=O)(=O)C1. The molecule has 2 atom stereocenters. The van der Waals surface area contributed by atoms with Crippen molar-refractivity contribution in [2.45, 2.75) is 46.1 Å². The number of nitrogens with one attached hydrogen (secondary N) is 1. The van der Waals surface area contributed by atoms with Crippen LogP contribution in [0.15, 0.2) is 18.2 Å². The molecule has 1 N–H and O–H groups in total. The topological polar surface area (TPSA) is 46.2 Å². The van der Waals surface area contributed by atoms with Crippen molar-refractivity contribution in [2.24, 2.45) is 5.92 Å². The first-order valence-electron chi connectivity index (χ1n) is 7.90. The number of hydrogen-bond acceptors (Lipinski definition) is 3. The second-order valence-corrected chi connectivity index (χ2v) is 8.56. The van der Waals surface area contributed by atoms with Crippen LogP contribution in [-0.2, 0) is 16.3 Å². The highest BCUT2D eigenvalue weighted by atomic mass is 32.2. The summed E-state index contributed by atoms with van der Waals surface area (Å²) < 4.78 is 23.3. The van der Waals surface area contributed by atoms with Crippen LogP contribution in [0.2, 0.25) is 0 Å². The van der Waals surface area contributed by atoms with Gasteiger partial charge in [-0.15, -0.1) is 0 Å². The van der Waals surface area contributed by atoms with Gasteiger partial charge < -0.3 is 5.32 Å². The minimum atomic E-state index is -2.77. The lowest BCUT2D eigenvalue weighted by molar-refractivity contribution is 0.408. The number of benzene rings is 1. The fourth-order valence-electron chi connectivity index (χ4n) is 3.41. The summed E-state index contributed by atoms with van der Waals surface area (Å²) in [6, 6.07) is 6.78. The Morgan fingerprint density at radius 2 is 1.95 bits per heavy atom. The maximum atomic E-state index is 11.6. The zero-order valence-corrected chi connectivity index (χ0v) is 14.2. The van der Waals surface area contributed by atoms with Crippen LogP contribution in [0, 0.1) is 19.8 Å². The highest BCUT2D eigenvalue weighted by Gasteiger charge is 2.29. The molecule has 0 radical (unpaired) electrons. The summed E-state index contributed by atoms with van der Waals surface area (Å²) in [7, 11) is -2.77. The van der Waals surface area contributed by atoms with Gasteiger partial charge in [0.05, 0.1) is 11.5 Å². The molecule has 3 nitrogen and oxygen atoms in total. The molecule has 1 saturated heterocycles. The zero-order chi connectivity index (χ0) is 15.5. The molecule has 0 aromatic heterocycles. The molecule has 1 aliphatic heterocycles. The van der Waals surface area contributed by atoms with Gasteiger partial charge in [-0.05, 0) is 62.3 Å². The number of rotatable bonds is 6. The van der Waals surface area contributed by atoms with E-state index in [0.29, 0.717) is 23.5 Å². The van der Waals surface area contributed by atoms with E-state index in [1.807, 2.05) is 0 Å². The lowest BCUT2D eigenvalue weighted by atomic mass is 9.91. The fourth-order valence-corrected chi connectivity index (χ4v) is 5.29. The Morgan fingerprint density at radius 3 is 2.48 bits per heavy atom. The first kappa shape index (κ1) is 16.5. The quantitative estimate of drug-likeness (QED) is 0.879. The second kappa shape index (κ2) is 6.93. The second-order valence-electron chi connectivity index (χ2n) is 6.33. The van der Waals surface area contributed by atoms with Crippen LogP contribution in [-0.4, -0.2) is 32.5 Å². The van der Waals surface area contributed by atoms with Crippen molar-refractivity contribution in [3.8, 4) is 0 Å². The summed E-state index contributed by atoms with van der Waals surface area (Å²) >= 11 is 0. The van der Waals surface area contributed by atoms with Gasteiger partial charge in [0, 0.05) is 6.04 Å². The molecule has 21 heavy (non-hydrogen) atoms. The minimum Gasteiger partial charge on any atom is -0.314 e. The van der Waals surface area contributed by atoms with Gasteiger partial charge in [-0.2, -0.15) is 0 Å². The molecular formula is C17H27NO2S. The summed E-state index contributed by atoms with van der Waals surface area (Å²) in [6.07, 6.45) is 2.78. The first-order valence-corrected chi connectivity index (χ1v) is 9.72. The summed E-state index contributed by atoms with van der Waals surface area (Å²) in [5.74, 6) is 1.07. The van der Waals surface area contributed by atoms with Crippen LogP contribution in [0.1, 0.15) is 36.5 Å². The van der Waals surface area contributed by atoms with Gasteiger partial charge in [-0.25, -0.2) is 8.42 Å². The van der Waals surface area contributed by atoms with Gasteiger partial charge >= 0.3 is 0 Å². The average Bonchev–Trinajstić information content (AvgIpc) is 2.73. The lowest BCUT2D eigenvalue weighted by Gasteiger charge is -2.23. The Kier molecular flexibility index (Phi) is 5.44. The van der Waals surface area contributed by atoms with E-state index in [0.717, 1.165) is 25.8 Å².